The molecule has 2 unspecified atom stereocenters. The number of benzene rings is 2. The summed E-state index contributed by atoms with van der Waals surface area (Å²) < 4.78 is 11.0. The SMILES string of the molecule is COC(=O)C1CC(C)N(C(=O)COc2ccc(C)cc2C(C)(C)C)c2ccccc21. The van der Waals surface area contributed by atoms with E-state index in [4.69, 9.17) is 9.47 Å². The van der Waals surface area contributed by atoms with Crippen LogP contribution in [-0.4, -0.2) is 31.6 Å². The first-order valence-electron chi connectivity index (χ1n) is 10.4. The third-order valence-corrected chi connectivity index (χ3v) is 5.64. The molecule has 2 aromatic rings. The van der Waals surface area contributed by atoms with E-state index in [0.717, 1.165) is 28.1 Å². The summed E-state index contributed by atoms with van der Waals surface area (Å²) in [6.07, 6.45) is 0.521. The largest absolute Gasteiger partial charge is 0.483 e. The monoisotopic (exact) mass is 409 g/mol. The second-order valence-electron chi connectivity index (χ2n) is 9.02. The van der Waals surface area contributed by atoms with E-state index in [1.165, 1.54) is 7.11 Å². The van der Waals surface area contributed by atoms with Crippen molar-refractivity contribution in [3.05, 3.63) is 59.2 Å². The number of ether oxygens (including phenoxy) is 2. The summed E-state index contributed by atoms with van der Waals surface area (Å²) in [6, 6.07) is 13.4. The molecule has 0 aromatic heterocycles. The van der Waals surface area contributed by atoms with E-state index in [1.54, 1.807) is 4.90 Å². The normalized spacial score (nSPS) is 18.5. The van der Waals surface area contributed by atoms with Crippen LogP contribution in [0.2, 0.25) is 0 Å². The van der Waals surface area contributed by atoms with Crippen molar-refractivity contribution in [2.45, 2.75) is 58.4 Å². The third-order valence-electron chi connectivity index (χ3n) is 5.64. The number of carbonyl (C=O) groups excluding carboxylic acids is 2. The van der Waals surface area contributed by atoms with E-state index in [1.807, 2.05) is 50.2 Å². The van der Waals surface area contributed by atoms with Crippen molar-refractivity contribution in [1.82, 2.24) is 0 Å². The molecule has 30 heavy (non-hydrogen) atoms. The minimum Gasteiger partial charge on any atom is -0.483 e. The number of esters is 1. The molecule has 1 aliphatic rings. The molecular formula is C25H31NO4. The Bertz CT molecular complexity index is 944. The Morgan fingerprint density at radius 3 is 2.50 bits per heavy atom. The van der Waals surface area contributed by atoms with Gasteiger partial charge in [0.15, 0.2) is 6.61 Å². The summed E-state index contributed by atoms with van der Waals surface area (Å²) in [4.78, 5) is 27.2. The van der Waals surface area contributed by atoms with Gasteiger partial charge in [-0.25, -0.2) is 0 Å². The molecule has 2 aromatic carbocycles. The van der Waals surface area contributed by atoms with E-state index >= 15 is 0 Å². The van der Waals surface area contributed by atoms with Gasteiger partial charge in [-0.2, -0.15) is 0 Å². The fraction of sp³-hybridized carbons (Fsp3) is 0.440. The van der Waals surface area contributed by atoms with Crippen LogP contribution >= 0.6 is 0 Å². The van der Waals surface area contributed by atoms with Crippen molar-refractivity contribution in [3.63, 3.8) is 0 Å². The van der Waals surface area contributed by atoms with Crippen LogP contribution in [0.25, 0.3) is 0 Å². The van der Waals surface area contributed by atoms with Crippen LogP contribution in [0, 0.1) is 6.92 Å². The van der Waals surface area contributed by atoms with Crippen LogP contribution in [0.4, 0.5) is 5.69 Å². The average Bonchev–Trinajstić information content (AvgIpc) is 2.70. The van der Waals surface area contributed by atoms with E-state index in [0.29, 0.717) is 6.42 Å². The second-order valence-corrected chi connectivity index (χ2v) is 9.02. The molecule has 1 amide bonds. The lowest BCUT2D eigenvalue weighted by Crippen LogP contribution is -2.46. The molecule has 1 aliphatic heterocycles. The number of hydrogen-bond acceptors (Lipinski definition) is 4. The number of aryl methyl sites for hydroxylation is 1. The van der Waals surface area contributed by atoms with Gasteiger partial charge in [-0.3, -0.25) is 9.59 Å². The average molecular weight is 410 g/mol. The van der Waals surface area contributed by atoms with Crippen LogP contribution in [0.5, 0.6) is 5.75 Å². The molecule has 0 saturated carbocycles. The Kier molecular flexibility index (Phi) is 6.20. The van der Waals surface area contributed by atoms with E-state index in [-0.39, 0.29) is 35.9 Å². The summed E-state index contributed by atoms with van der Waals surface area (Å²) in [6.45, 7) is 10.3. The highest BCUT2D eigenvalue weighted by Gasteiger charge is 2.37. The predicted molar refractivity (Wildman–Crippen MR) is 118 cm³/mol. The zero-order valence-corrected chi connectivity index (χ0v) is 18.7. The van der Waals surface area contributed by atoms with Crippen molar-refractivity contribution < 1.29 is 19.1 Å². The lowest BCUT2D eigenvalue weighted by molar-refractivity contribution is -0.143. The Morgan fingerprint density at radius 1 is 1.13 bits per heavy atom. The van der Waals surface area contributed by atoms with Crippen molar-refractivity contribution in [1.29, 1.82) is 0 Å². The molecule has 0 bridgehead atoms. The number of rotatable bonds is 4. The first-order chi connectivity index (χ1) is 14.1. The fourth-order valence-corrected chi connectivity index (χ4v) is 4.12. The maximum atomic E-state index is 13.2. The number of amides is 1. The molecule has 5 nitrogen and oxygen atoms in total. The first-order valence-corrected chi connectivity index (χ1v) is 10.4. The lowest BCUT2D eigenvalue weighted by atomic mass is 9.85. The van der Waals surface area contributed by atoms with Crippen LogP contribution in [-0.2, 0) is 19.7 Å². The molecule has 1 heterocycles. The maximum Gasteiger partial charge on any atom is 0.313 e. The number of hydrogen-bond donors (Lipinski definition) is 0. The Balaban J connectivity index is 1.85. The predicted octanol–water partition coefficient (Wildman–Crippen LogP) is 4.75. The lowest BCUT2D eigenvalue weighted by Gasteiger charge is -2.38. The smallest absolute Gasteiger partial charge is 0.313 e. The highest BCUT2D eigenvalue weighted by atomic mass is 16.5. The van der Waals surface area contributed by atoms with Crippen LogP contribution in [0.15, 0.2) is 42.5 Å². The van der Waals surface area contributed by atoms with Gasteiger partial charge >= 0.3 is 5.97 Å². The van der Waals surface area contributed by atoms with Crippen LogP contribution in [0.3, 0.4) is 0 Å². The molecule has 0 N–H and O–H groups in total. The topological polar surface area (TPSA) is 55.8 Å². The molecule has 3 rings (SSSR count). The number of carbonyl (C=O) groups is 2. The third kappa shape index (κ3) is 4.35. The van der Waals surface area contributed by atoms with Crippen LogP contribution < -0.4 is 9.64 Å². The first kappa shape index (κ1) is 21.9. The van der Waals surface area contributed by atoms with Gasteiger partial charge in [0.2, 0.25) is 0 Å². The Morgan fingerprint density at radius 2 is 1.83 bits per heavy atom. The van der Waals surface area contributed by atoms with Crippen molar-refractivity contribution in [2.75, 3.05) is 18.6 Å². The van der Waals surface area contributed by atoms with Gasteiger partial charge in [0, 0.05) is 11.7 Å². The van der Waals surface area contributed by atoms with E-state index in [2.05, 4.69) is 26.8 Å². The molecule has 0 fully saturated rings. The summed E-state index contributed by atoms with van der Waals surface area (Å²) in [5.74, 6) is -0.0339. The summed E-state index contributed by atoms with van der Waals surface area (Å²) in [5, 5.41) is 0. The number of fused-ring (bicyclic) bond motifs is 1. The van der Waals surface area contributed by atoms with Gasteiger partial charge in [-0.15, -0.1) is 0 Å². The molecule has 2 atom stereocenters. The number of nitrogens with zero attached hydrogens (tertiary/aromatic N) is 1. The quantitative estimate of drug-likeness (QED) is 0.684. The molecule has 0 radical (unpaired) electrons. The summed E-state index contributed by atoms with van der Waals surface area (Å²) in [5.41, 5.74) is 3.71. The van der Waals surface area contributed by atoms with E-state index < -0.39 is 0 Å². The highest BCUT2D eigenvalue weighted by Crippen LogP contribution is 2.39. The number of anilines is 1. The van der Waals surface area contributed by atoms with Gasteiger partial charge < -0.3 is 14.4 Å². The molecule has 0 spiro atoms. The van der Waals surface area contributed by atoms with Gasteiger partial charge in [-0.05, 0) is 48.9 Å². The van der Waals surface area contributed by atoms with Gasteiger partial charge in [0.1, 0.15) is 5.75 Å². The van der Waals surface area contributed by atoms with Gasteiger partial charge in [0.05, 0.1) is 13.0 Å². The van der Waals surface area contributed by atoms with Crippen LogP contribution in [0.1, 0.15) is 56.7 Å². The van der Waals surface area contributed by atoms with Crippen molar-refractivity contribution >= 4 is 17.6 Å². The Labute approximate surface area is 179 Å². The molecule has 0 saturated heterocycles. The minimum atomic E-state index is -0.365. The maximum absolute atomic E-state index is 13.2. The van der Waals surface area contributed by atoms with Gasteiger partial charge in [-0.1, -0.05) is 56.7 Å². The van der Waals surface area contributed by atoms with Gasteiger partial charge in [0.25, 0.3) is 5.91 Å². The second kappa shape index (κ2) is 8.50. The molecular weight excluding hydrogens is 378 g/mol. The molecule has 0 aliphatic carbocycles. The van der Waals surface area contributed by atoms with Crippen molar-refractivity contribution in [2.24, 2.45) is 0 Å². The van der Waals surface area contributed by atoms with E-state index in [9.17, 15) is 9.59 Å². The fourth-order valence-electron chi connectivity index (χ4n) is 4.12. The number of para-hydroxylation sites is 1. The Hall–Kier alpha value is -2.82. The standard InChI is InChI=1S/C25H31NO4/c1-16-11-12-22(20(13-16)25(3,4)5)30-15-23(27)26-17(2)14-19(24(28)29-6)18-9-7-8-10-21(18)26/h7-13,17,19H,14-15H2,1-6H3. The molecule has 5 heteroatoms. The highest BCUT2D eigenvalue weighted by molar-refractivity contribution is 5.98. The zero-order chi connectivity index (χ0) is 22.1. The zero-order valence-electron chi connectivity index (χ0n) is 18.7. The van der Waals surface area contributed by atoms with Crippen molar-refractivity contribution in [3.8, 4) is 5.75 Å². The summed E-state index contributed by atoms with van der Waals surface area (Å²) in [7, 11) is 1.40. The summed E-state index contributed by atoms with van der Waals surface area (Å²) >= 11 is 0. The molecule has 160 valence electrons. The number of methoxy groups -OCH3 is 1. The minimum absolute atomic E-state index is 0.0618.